The molecule has 0 aromatic heterocycles. The fraction of sp³-hybridized carbons (Fsp3) is 0.632. The van der Waals surface area contributed by atoms with Gasteiger partial charge in [-0.3, -0.25) is 9.69 Å². The standard InChI is InChI=1S/C19H28N2O3.ClH/c1-23-17-8-4-3-7-16(17)18(22)20-15-19(9-5-2-6-10-19)21-11-13-24-14-12-21;/h3-4,7-8H,2,5-6,9-15H2,1H3,(H,20,22);1H. The first kappa shape index (κ1) is 20.0. The van der Waals surface area contributed by atoms with Crippen LogP contribution in [0.5, 0.6) is 5.75 Å². The van der Waals surface area contributed by atoms with Crippen LogP contribution in [0.4, 0.5) is 0 Å². The van der Waals surface area contributed by atoms with Crippen molar-refractivity contribution in [1.29, 1.82) is 0 Å². The predicted molar refractivity (Wildman–Crippen MR) is 101 cm³/mol. The van der Waals surface area contributed by atoms with Gasteiger partial charge in [-0.25, -0.2) is 0 Å². The highest BCUT2D eigenvalue weighted by atomic mass is 35.5. The molecule has 1 saturated carbocycles. The summed E-state index contributed by atoms with van der Waals surface area (Å²) in [6.07, 6.45) is 6.08. The fourth-order valence-corrected chi connectivity index (χ4v) is 4.02. The molecular formula is C19H29ClN2O3. The van der Waals surface area contributed by atoms with Crippen LogP contribution in [-0.2, 0) is 4.74 Å². The number of hydrogen-bond acceptors (Lipinski definition) is 4. The largest absolute Gasteiger partial charge is 0.496 e. The maximum Gasteiger partial charge on any atom is 0.255 e. The van der Waals surface area contributed by atoms with E-state index in [1.807, 2.05) is 24.3 Å². The molecule has 1 aromatic rings. The third-order valence-corrected chi connectivity index (χ3v) is 5.40. The molecule has 0 atom stereocenters. The Hall–Kier alpha value is -1.30. The number of rotatable bonds is 5. The molecule has 1 aliphatic carbocycles. The van der Waals surface area contributed by atoms with Gasteiger partial charge < -0.3 is 14.8 Å². The third kappa shape index (κ3) is 4.66. The zero-order chi connectivity index (χ0) is 16.8. The number of carbonyl (C=O) groups excluding carboxylic acids is 1. The molecule has 5 nitrogen and oxygen atoms in total. The van der Waals surface area contributed by atoms with Crippen molar-refractivity contribution in [3.05, 3.63) is 29.8 Å². The van der Waals surface area contributed by atoms with Crippen LogP contribution in [-0.4, -0.2) is 56.3 Å². The van der Waals surface area contributed by atoms with Gasteiger partial charge in [-0.15, -0.1) is 12.4 Å². The molecule has 1 aromatic carbocycles. The molecule has 2 aliphatic rings. The highest BCUT2D eigenvalue weighted by Gasteiger charge is 2.38. The summed E-state index contributed by atoms with van der Waals surface area (Å²) in [5, 5.41) is 3.18. The lowest BCUT2D eigenvalue weighted by atomic mass is 9.79. The number of morpholine rings is 1. The number of para-hydroxylation sites is 1. The number of amides is 1. The Morgan fingerprint density at radius 3 is 2.56 bits per heavy atom. The van der Waals surface area contributed by atoms with Crippen LogP contribution in [0.25, 0.3) is 0 Å². The second-order valence-corrected chi connectivity index (χ2v) is 6.77. The van der Waals surface area contributed by atoms with Gasteiger partial charge in [-0.1, -0.05) is 31.4 Å². The van der Waals surface area contributed by atoms with Crippen LogP contribution < -0.4 is 10.1 Å². The molecule has 0 radical (unpaired) electrons. The zero-order valence-corrected chi connectivity index (χ0v) is 15.8. The number of nitrogens with zero attached hydrogens (tertiary/aromatic N) is 1. The van der Waals surface area contributed by atoms with Gasteiger partial charge in [0.05, 0.1) is 25.9 Å². The minimum Gasteiger partial charge on any atom is -0.496 e. The first-order valence-corrected chi connectivity index (χ1v) is 8.99. The molecule has 2 fully saturated rings. The summed E-state index contributed by atoms with van der Waals surface area (Å²) in [5.74, 6) is 0.574. The number of nitrogens with one attached hydrogen (secondary N) is 1. The first-order chi connectivity index (χ1) is 11.7. The number of methoxy groups -OCH3 is 1. The number of ether oxygens (including phenoxy) is 2. The minimum atomic E-state index is -0.0503. The molecule has 1 aliphatic heterocycles. The maximum absolute atomic E-state index is 12.7. The molecule has 1 N–H and O–H groups in total. The lowest BCUT2D eigenvalue weighted by Gasteiger charge is -2.48. The van der Waals surface area contributed by atoms with Crippen molar-refractivity contribution >= 4 is 18.3 Å². The topological polar surface area (TPSA) is 50.8 Å². The van der Waals surface area contributed by atoms with Crippen LogP contribution in [0.1, 0.15) is 42.5 Å². The highest BCUT2D eigenvalue weighted by Crippen LogP contribution is 2.34. The Bertz CT molecular complexity index is 555. The second-order valence-electron chi connectivity index (χ2n) is 6.77. The lowest BCUT2D eigenvalue weighted by Crippen LogP contribution is -2.59. The Morgan fingerprint density at radius 1 is 1.20 bits per heavy atom. The Balaban J connectivity index is 0.00000225. The minimum absolute atomic E-state index is 0. The monoisotopic (exact) mass is 368 g/mol. The van der Waals surface area contributed by atoms with E-state index in [0.717, 1.165) is 39.1 Å². The van der Waals surface area contributed by atoms with E-state index in [0.29, 0.717) is 17.9 Å². The molecule has 0 spiro atoms. The van der Waals surface area contributed by atoms with Gasteiger partial charge in [0.2, 0.25) is 0 Å². The second kappa shape index (κ2) is 9.41. The average molecular weight is 369 g/mol. The highest BCUT2D eigenvalue weighted by molar-refractivity contribution is 5.96. The van der Waals surface area contributed by atoms with E-state index in [9.17, 15) is 4.79 Å². The van der Waals surface area contributed by atoms with Gasteiger partial charge in [0.25, 0.3) is 5.91 Å². The van der Waals surface area contributed by atoms with Gasteiger partial charge in [-0.2, -0.15) is 0 Å². The summed E-state index contributed by atoms with van der Waals surface area (Å²) in [6, 6.07) is 7.39. The van der Waals surface area contributed by atoms with Crippen LogP contribution in [0, 0.1) is 0 Å². The normalized spacial score (nSPS) is 20.4. The van der Waals surface area contributed by atoms with Crippen LogP contribution in [0.3, 0.4) is 0 Å². The molecule has 0 bridgehead atoms. The van der Waals surface area contributed by atoms with E-state index in [1.54, 1.807) is 7.11 Å². The van der Waals surface area contributed by atoms with Crippen molar-refractivity contribution in [3.63, 3.8) is 0 Å². The van der Waals surface area contributed by atoms with Crippen LogP contribution >= 0.6 is 12.4 Å². The van der Waals surface area contributed by atoms with E-state index < -0.39 is 0 Å². The van der Waals surface area contributed by atoms with Gasteiger partial charge in [0, 0.05) is 25.2 Å². The van der Waals surface area contributed by atoms with E-state index in [-0.39, 0.29) is 23.9 Å². The molecule has 25 heavy (non-hydrogen) atoms. The number of carbonyl (C=O) groups is 1. The van der Waals surface area contributed by atoms with E-state index in [2.05, 4.69) is 10.2 Å². The van der Waals surface area contributed by atoms with Crippen molar-refractivity contribution in [2.24, 2.45) is 0 Å². The first-order valence-electron chi connectivity index (χ1n) is 8.99. The van der Waals surface area contributed by atoms with Crippen molar-refractivity contribution in [1.82, 2.24) is 10.2 Å². The Morgan fingerprint density at radius 2 is 1.88 bits per heavy atom. The SMILES string of the molecule is COc1ccccc1C(=O)NCC1(N2CCOCC2)CCCCC1.Cl. The van der Waals surface area contributed by atoms with Crippen LogP contribution in [0.2, 0.25) is 0 Å². The molecule has 0 unspecified atom stereocenters. The average Bonchev–Trinajstić information content (AvgIpc) is 2.67. The molecule has 1 heterocycles. The summed E-state index contributed by atoms with van der Waals surface area (Å²) in [5.41, 5.74) is 0.688. The van der Waals surface area contributed by atoms with Gasteiger partial charge >= 0.3 is 0 Å². The van der Waals surface area contributed by atoms with Gasteiger partial charge in [0.15, 0.2) is 0 Å². The predicted octanol–water partition coefficient (Wildman–Crippen LogP) is 2.88. The molecule has 3 rings (SSSR count). The van der Waals surface area contributed by atoms with Crippen molar-refractivity contribution in [2.45, 2.75) is 37.6 Å². The number of hydrogen-bond donors (Lipinski definition) is 1. The number of halogens is 1. The van der Waals surface area contributed by atoms with Crippen molar-refractivity contribution in [2.75, 3.05) is 40.0 Å². The summed E-state index contributed by atoms with van der Waals surface area (Å²) in [6.45, 7) is 4.21. The van der Waals surface area contributed by atoms with E-state index in [4.69, 9.17) is 9.47 Å². The van der Waals surface area contributed by atoms with Crippen molar-refractivity contribution < 1.29 is 14.3 Å². The Kier molecular flexibility index (Phi) is 7.54. The van der Waals surface area contributed by atoms with Crippen LogP contribution in [0.15, 0.2) is 24.3 Å². The summed E-state index contributed by atoms with van der Waals surface area (Å²) in [7, 11) is 1.60. The van der Waals surface area contributed by atoms with Crippen molar-refractivity contribution in [3.8, 4) is 5.75 Å². The van der Waals surface area contributed by atoms with E-state index >= 15 is 0 Å². The number of benzene rings is 1. The summed E-state index contributed by atoms with van der Waals surface area (Å²) < 4.78 is 10.8. The summed E-state index contributed by atoms with van der Waals surface area (Å²) in [4.78, 5) is 15.2. The smallest absolute Gasteiger partial charge is 0.255 e. The third-order valence-electron chi connectivity index (χ3n) is 5.40. The zero-order valence-electron chi connectivity index (χ0n) is 15.0. The molecule has 1 saturated heterocycles. The van der Waals surface area contributed by atoms with E-state index in [1.165, 1.54) is 19.3 Å². The molecular weight excluding hydrogens is 340 g/mol. The quantitative estimate of drug-likeness (QED) is 0.868. The van der Waals surface area contributed by atoms with Gasteiger partial charge in [-0.05, 0) is 25.0 Å². The molecule has 6 heteroatoms. The lowest BCUT2D eigenvalue weighted by molar-refractivity contribution is -0.0361. The fourth-order valence-electron chi connectivity index (χ4n) is 4.02. The van der Waals surface area contributed by atoms with Gasteiger partial charge in [0.1, 0.15) is 5.75 Å². The molecule has 140 valence electrons. The molecule has 1 amide bonds. The summed E-state index contributed by atoms with van der Waals surface area (Å²) >= 11 is 0. The maximum atomic E-state index is 12.7. The Labute approximate surface area is 156 Å².